The number of allylic oxidation sites excluding steroid dienone is 1. The number of guanidine groups is 1. The van der Waals surface area contributed by atoms with Crippen LogP contribution in [-0.4, -0.2) is 169 Å². The number of amides is 7. The Kier molecular flexibility index (Phi) is 27.5. The van der Waals surface area contributed by atoms with E-state index in [1.807, 2.05) is 20.8 Å². The van der Waals surface area contributed by atoms with Crippen LogP contribution in [0.1, 0.15) is 92.4 Å². The average molecular weight is 1010 g/mol. The smallest absolute Gasteiger partial charge is 0.309 e. The van der Waals surface area contributed by atoms with Gasteiger partial charge in [0.1, 0.15) is 36.0 Å². The van der Waals surface area contributed by atoms with Gasteiger partial charge in [-0.15, -0.1) is 0 Å². The van der Waals surface area contributed by atoms with E-state index in [-0.39, 0.29) is 80.9 Å². The molecule has 26 heteroatoms. The lowest BCUT2D eigenvalue weighted by atomic mass is 9.74. The van der Waals surface area contributed by atoms with Gasteiger partial charge in [-0.25, -0.2) is 0 Å². The lowest BCUT2D eigenvalue weighted by Gasteiger charge is -2.33. The summed E-state index contributed by atoms with van der Waals surface area (Å²) in [6.07, 6.45) is -1.40. The second-order valence-electron chi connectivity index (χ2n) is 18.3. The molecule has 1 heterocycles. The van der Waals surface area contributed by atoms with Gasteiger partial charge >= 0.3 is 5.97 Å². The summed E-state index contributed by atoms with van der Waals surface area (Å²) in [4.78, 5) is 114. The topological polar surface area (TPSA) is 445 Å². The minimum absolute atomic E-state index is 0.00312. The number of rotatable bonds is 18. The summed E-state index contributed by atoms with van der Waals surface area (Å²) < 4.78 is 5.26. The first kappa shape index (κ1) is 61.6. The normalized spacial score (nSPS) is 27.9. The molecular formula is C45H82N14O12. The van der Waals surface area contributed by atoms with Gasteiger partial charge in [-0.2, -0.15) is 0 Å². The number of β-amino-alcohol motifs (C(OH)–C–C–N with tert-alkyl or cyclic N) is 1. The van der Waals surface area contributed by atoms with Gasteiger partial charge in [-0.1, -0.05) is 26.8 Å². The van der Waals surface area contributed by atoms with E-state index in [0.717, 1.165) is 0 Å². The highest BCUT2D eigenvalue weighted by Gasteiger charge is 2.39. The molecule has 0 aromatic carbocycles. The molecule has 1 saturated heterocycles. The molecule has 7 amide bonds. The molecule has 2 fully saturated rings. The fraction of sp³-hybridized carbons (Fsp3) is 0.756. The molecule has 2 rings (SSSR count). The number of nitrogens with zero attached hydrogens (tertiary/aromatic N) is 1. The van der Waals surface area contributed by atoms with Gasteiger partial charge < -0.3 is 91.3 Å². The van der Waals surface area contributed by atoms with Crippen molar-refractivity contribution in [2.75, 3.05) is 45.9 Å². The Morgan fingerprint density at radius 3 is 1.97 bits per heavy atom. The molecular weight excluding hydrogens is 929 g/mol. The highest BCUT2D eigenvalue weighted by atomic mass is 16.5. The van der Waals surface area contributed by atoms with Crippen LogP contribution in [0, 0.1) is 23.7 Å². The first-order valence-electron chi connectivity index (χ1n) is 24.5. The van der Waals surface area contributed by atoms with Crippen molar-refractivity contribution in [1.82, 2.24) is 42.5 Å². The van der Waals surface area contributed by atoms with Crippen LogP contribution in [0.4, 0.5) is 0 Å². The second kappa shape index (κ2) is 31.7. The van der Waals surface area contributed by atoms with E-state index in [1.165, 1.54) is 13.0 Å². The lowest BCUT2D eigenvalue weighted by molar-refractivity contribution is -0.151. The number of esters is 1. The highest BCUT2D eigenvalue weighted by Crippen LogP contribution is 2.35. The number of aliphatic imine (C=N–C) groups is 1. The lowest BCUT2D eigenvalue weighted by Crippen LogP contribution is -2.64. The van der Waals surface area contributed by atoms with Gasteiger partial charge in [-0.3, -0.25) is 43.3 Å². The van der Waals surface area contributed by atoms with Gasteiger partial charge in [0.05, 0.1) is 30.8 Å². The Hall–Kier alpha value is -5.51. The zero-order chi connectivity index (χ0) is 53.4. The first-order valence-corrected chi connectivity index (χ1v) is 24.5. The van der Waals surface area contributed by atoms with Gasteiger partial charge in [0.25, 0.3) is 5.91 Å². The molecule has 10 atom stereocenters. The molecule has 26 nitrogen and oxygen atoms in total. The first-order chi connectivity index (χ1) is 33.7. The fourth-order valence-corrected chi connectivity index (χ4v) is 8.53. The van der Waals surface area contributed by atoms with Crippen LogP contribution in [0.2, 0.25) is 0 Å². The molecule has 0 spiro atoms. The number of carbonyl (C=O) groups is 8. The Balaban J connectivity index is 2.65. The van der Waals surface area contributed by atoms with Crippen LogP contribution in [-0.2, 0) is 43.1 Å². The quantitative estimate of drug-likeness (QED) is 0.0200. The average Bonchev–Trinajstić information content (AvgIpc) is 3.33. The van der Waals surface area contributed by atoms with Crippen molar-refractivity contribution in [3.8, 4) is 0 Å². The molecule has 1 saturated carbocycles. The number of nitrogens with two attached hydrogens (primary N) is 5. The zero-order valence-corrected chi connectivity index (χ0v) is 41.7. The Labute approximate surface area is 415 Å². The number of aliphatic hydroxyl groups excluding tert-OH is 3. The SMILES string of the molecule is C/C=C1\NC(=O)C(NC(=O)C2CCC([C@@H](CC)C(=O)OCC)CC2)C(O)CNC(=O)C(C(O)CN)NC(=O)C(C(O)CN)NC(=O)[C@H](CCCN=C(N)N)NC[C@H](CC(C)C)NC(=O)[C@H](CCN)NC1=O. The van der Waals surface area contributed by atoms with Crippen molar-refractivity contribution in [2.45, 2.75) is 147 Å². The molecule has 0 bridgehead atoms. The van der Waals surface area contributed by atoms with Gasteiger partial charge in [0.15, 0.2) is 5.96 Å². The summed E-state index contributed by atoms with van der Waals surface area (Å²) in [5, 5.41) is 54.1. The van der Waals surface area contributed by atoms with Crippen LogP contribution in [0.25, 0.3) is 0 Å². The van der Waals surface area contributed by atoms with Crippen molar-refractivity contribution < 1.29 is 58.4 Å². The van der Waals surface area contributed by atoms with E-state index in [2.05, 4.69) is 47.5 Å². The second-order valence-corrected chi connectivity index (χ2v) is 18.3. The fourth-order valence-electron chi connectivity index (χ4n) is 8.53. The molecule has 21 N–H and O–H groups in total. The summed E-state index contributed by atoms with van der Waals surface area (Å²) in [5.74, 6) is -8.02. The highest BCUT2D eigenvalue weighted by molar-refractivity contribution is 6.01. The molecule has 0 aromatic heterocycles. The zero-order valence-electron chi connectivity index (χ0n) is 41.7. The molecule has 404 valence electrons. The summed E-state index contributed by atoms with van der Waals surface area (Å²) in [5.41, 5.74) is 27.9. The Morgan fingerprint density at radius 1 is 0.817 bits per heavy atom. The number of carbonyl (C=O) groups excluding carboxylic acids is 8. The van der Waals surface area contributed by atoms with E-state index < -0.39 is 121 Å². The van der Waals surface area contributed by atoms with Gasteiger partial charge in [-0.05, 0) is 90.0 Å². The third-order valence-corrected chi connectivity index (χ3v) is 12.4. The van der Waals surface area contributed by atoms with Crippen LogP contribution in [0.15, 0.2) is 16.8 Å². The third kappa shape index (κ3) is 20.3. The largest absolute Gasteiger partial charge is 0.466 e. The van der Waals surface area contributed by atoms with Crippen molar-refractivity contribution >= 4 is 53.3 Å². The van der Waals surface area contributed by atoms with Crippen LogP contribution in [0.3, 0.4) is 0 Å². The van der Waals surface area contributed by atoms with E-state index in [4.69, 9.17) is 33.4 Å². The van der Waals surface area contributed by atoms with Crippen LogP contribution < -0.4 is 71.2 Å². The number of nitrogens with one attached hydrogen (secondary N) is 8. The molecule has 1 aliphatic carbocycles. The number of hydrogen-bond donors (Lipinski definition) is 16. The molecule has 0 radical (unpaired) electrons. The van der Waals surface area contributed by atoms with Crippen molar-refractivity contribution in [2.24, 2.45) is 57.3 Å². The monoisotopic (exact) mass is 1010 g/mol. The van der Waals surface area contributed by atoms with Crippen LogP contribution >= 0.6 is 0 Å². The Bertz CT molecular complexity index is 1830. The maximum atomic E-state index is 14.1. The van der Waals surface area contributed by atoms with Gasteiger partial charge in [0, 0.05) is 44.7 Å². The summed E-state index contributed by atoms with van der Waals surface area (Å²) in [6.45, 7) is 7.14. The van der Waals surface area contributed by atoms with Crippen molar-refractivity contribution in [3.63, 3.8) is 0 Å². The Morgan fingerprint density at radius 2 is 1.42 bits per heavy atom. The number of ether oxygens (including phenoxy) is 1. The van der Waals surface area contributed by atoms with Crippen LogP contribution in [0.5, 0.6) is 0 Å². The van der Waals surface area contributed by atoms with E-state index in [0.29, 0.717) is 38.5 Å². The maximum absolute atomic E-state index is 14.1. The summed E-state index contributed by atoms with van der Waals surface area (Å²) >= 11 is 0. The third-order valence-electron chi connectivity index (χ3n) is 12.4. The molecule has 0 aromatic rings. The molecule has 71 heavy (non-hydrogen) atoms. The summed E-state index contributed by atoms with van der Waals surface area (Å²) in [7, 11) is 0. The molecule has 6 unspecified atom stereocenters. The number of aliphatic hydroxyl groups is 3. The predicted octanol–water partition coefficient (Wildman–Crippen LogP) is -5.64. The molecule has 1 aliphatic heterocycles. The van der Waals surface area contributed by atoms with Crippen molar-refractivity contribution in [3.05, 3.63) is 11.8 Å². The summed E-state index contributed by atoms with van der Waals surface area (Å²) in [6, 6.07) is -8.57. The van der Waals surface area contributed by atoms with Crippen molar-refractivity contribution in [1.29, 1.82) is 0 Å². The van der Waals surface area contributed by atoms with E-state index >= 15 is 0 Å². The minimum atomic E-state index is -1.93. The minimum Gasteiger partial charge on any atom is -0.466 e. The molecule has 2 aliphatic rings. The van der Waals surface area contributed by atoms with Gasteiger partial charge in [0.2, 0.25) is 35.4 Å². The number of hydrogen-bond acceptors (Lipinski definition) is 17. The van der Waals surface area contributed by atoms with E-state index in [9.17, 15) is 53.7 Å². The predicted molar refractivity (Wildman–Crippen MR) is 261 cm³/mol. The maximum Gasteiger partial charge on any atom is 0.309 e. The van der Waals surface area contributed by atoms with E-state index in [1.54, 1.807) is 6.92 Å². The standard InChI is InChI=1S/C45H82N14O12/c1-6-27(44(70)71-8-3)24-11-13-25(14-12-24)37(63)57-36-33(62)22-53-41(67)34(31(60)19-47)59-43(69)35(32(61)20-48)58-39(65)29(10-9-17-51-45(49)50)52-21-26(18-23(4)5)54-40(66)30(15-16-46)56-38(64)28(7-2)55-42(36)68/h7,23-27,29-36,52,60-62H,6,8-22,46-48H2,1-5H3,(H,53,67)(H,54,66)(H,55,68)(H,56,64)(H,57,63)(H,58,65)(H,59,69)(H4,49,50,51)/b28-7-/t24?,25?,26-,27+,29-,30-,31?,32?,33?,34?,35?,36?/m0/s1.